The van der Waals surface area contributed by atoms with Gasteiger partial charge in [0.2, 0.25) is 0 Å². The topological polar surface area (TPSA) is 67.3 Å². The van der Waals surface area contributed by atoms with Gasteiger partial charge < -0.3 is 15.0 Å². The first kappa shape index (κ1) is 18.7. The molecule has 2 aromatic carbocycles. The van der Waals surface area contributed by atoms with Gasteiger partial charge >= 0.3 is 0 Å². The SMILES string of the molecule is COc1cc(Cl)c(C)cc1NC(=O)c1cnc(N(C)c2ccccc2)cn1. The highest BCUT2D eigenvalue weighted by Gasteiger charge is 2.14. The minimum atomic E-state index is -0.378. The zero-order valence-electron chi connectivity index (χ0n) is 15.2. The predicted molar refractivity (Wildman–Crippen MR) is 107 cm³/mol. The van der Waals surface area contributed by atoms with Crippen LogP contribution in [0.1, 0.15) is 16.1 Å². The van der Waals surface area contributed by atoms with Crippen LogP contribution in [0.25, 0.3) is 0 Å². The molecule has 27 heavy (non-hydrogen) atoms. The quantitative estimate of drug-likeness (QED) is 0.705. The molecule has 3 aromatic rings. The second-order valence-corrected chi connectivity index (χ2v) is 6.32. The third kappa shape index (κ3) is 4.17. The Kier molecular flexibility index (Phi) is 5.57. The van der Waals surface area contributed by atoms with E-state index in [4.69, 9.17) is 16.3 Å². The summed E-state index contributed by atoms with van der Waals surface area (Å²) >= 11 is 6.10. The van der Waals surface area contributed by atoms with E-state index in [0.29, 0.717) is 22.3 Å². The van der Waals surface area contributed by atoms with Gasteiger partial charge in [0.05, 0.1) is 25.2 Å². The number of methoxy groups -OCH3 is 1. The molecule has 0 aliphatic carbocycles. The molecule has 1 aromatic heterocycles. The number of carbonyl (C=O) groups is 1. The van der Waals surface area contributed by atoms with E-state index < -0.39 is 0 Å². The van der Waals surface area contributed by atoms with Crippen molar-refractivity contribution in [1.82, 2.24) is 9.97 Å². The first-order chi connectivity index (χ1) is 13.0. The van der Waals surface area contributed by atoms with Crippen molar-refractivity contribution in [2.24, 2.45) is 0 Å². The first-order valence-corrected chi connectivity index (χ1v) is 8.63. The average molecular weight is 383 g/mol. The number of anilines is 3. The number of rotatable bonds is 5. The van der Waals surface area contributed by atoms with Gasteiger partial charge in [-0.3, -0.25) is 4.79 Å². The molecule has 0 radical (unpaired) electrons. The lowest BCUT2D eigenvalue weighted by Gasteiger charge is -2.17. The van der Waals surface area contributed by atoms with Gasteiger partial charge in [-0.1, -0.05) is 29.8 Å². The summed E-state index contributed by atoms with van der Waals surface area (Å²) in [5.74, 6) is 0.737. The molecule has 0 fully saturated rings. The van der Waals surface area contributed by atoms with Crippen LogP contribution in [0, 0.1) is 6.92 Å². The molecule has 3 rings (SSSR count). The predicted octanol–water partition coefficient (Wildman–Crippen LogP) is 4.47. The van der Waals surface area contributed by atoms with Gasteiger partial charge in [-0.15, -0.1) is 0 Å². The number of carbonyl (C=O) groups excluding carboxylic acids is 1. The van der Waals surface area contributed by atoms with Crippen LogP contribution in [0.15, 0.2) is 54.9 Å². The van der Waals surface area contributed by atoms with E-state index in [-0.39, 0.29) is 11.6 Å². The second-order valence-electron chi connectivity index (χ2n) is 5.91. The molecule has 0 aliphatic rings. The minimum absolute atomic E-state index is 0.204. The molecule has 0 bridgehead atoms. The number of benzene rings is 2. The molecule has 0 aliphatic heterocycles. The van der Waals surface area contributed by atoms with Crippen LogP contribution in [-0.4, -0.2) is 30.0 Å². The Hall–Kier alpha value is -3.12. The van der Waals surface area contributed by atoms with Crippen molar-refractivity contribution in [2.75, 3.05) is 24.4 Å². The van der Waals surface area contributed by atoms with Gasteiger partial charge in [-0.05, 0) is 30.7 Å². The molecular formula is C20H19ClN4O2. The minimum Gasteiger partial charge on any atom is -0.495 e. The average Bonchev–Trinajstić information content (AvgIpc) is 2.70. The van der Waals surface area contributed by atoms with E-state index in [1.807, 2.05) is 49.2 Å². The maximum Gasteiger partial charge on any atom is 0.275 e. The normalized spacial score (nSPS) is 10.4. The second kappa shape index (κ2) is 8.05. The number of aromatic nitrogens is 2. The number of hydrogen-bond acceptors (Lipinski definition) is 5. The zero-order chi connectivity index (χ0) is 19.4. The third-order valence-electron chi connectivity index (χ3n) is 4.09. The highest BCUT2D eigenvalue weighted by atomic mass is 35.5. The summed E-state index contributed by atoms with van der Waals surface area (Å²) in [6.07, 6.45) is 3.01. The van der Waals surface area contributed by atoms with Crippen molar-refractivity contribution in [3.05, 3.63) is 71.1 Å². The molecule has 0 saturated heterocycles. The molecule has 0 unspecified atom stereocenters. The molecule has 1 N–H and O–H groups in total. The summed E-state index contributed by atoms with van der Waals surface area (Å²) in [7, 11) is 3.41. The van der Waals surface area contributed by atoms with Crippen LogP contribution >= 0.6 is 11.6 Å². The molecule has 1 heterocycles. The fourth-order valence-corrected chi connectivity index (χ4v) is 2.67. The van der Waals surface area contributed by atoms with E-state index in [2.05, 4.69) is 15.3 Å². The van der Waals surface area contributed by atoms with E-state index in [1.165, 1.54) is 13.3 Å². The maximum atomic E-state index is 12.5. The first-order valence-electron chi connectivity index (χ1n) is 8.26. The largest absolute Gasteiger partial charge is 0.495 e. The fraction of sp³-hybridized carbons (Fsp3) is 0.150. The van der Waals surface area contributed by atoms with Gasteiger partial charge in [0.15, 0.2) is 5.82 Å². The van der Waals surface area contributed by atoms with Crippen LogP contribution in [0.3, 0.4) is 0 Å². The Morgan fingerprint density at radius 1 is 1.15 bits per heavy atom. The maximum absolute atomic E-state index is 12.5. The monoisotopic (exact) mass is 382 g/mol. The number of hydrogen-bond donors (Lipinski definition) is 1. The summed E-state index contributed by atoms with van der Waals surface area (Å²) in [5.41, 5.74) is 2.54. The number of nitrogens with one attached hydrogen (secondary N) is 1. The number of nitrogens with zero attached hydrogens (tertiary/aromatic N) is 3. The molecule has 6 nitrogen and oxygen atoms in total. The Labute approximate surface area is 162 Å². The molecular weight excluding hydrogens is 364 g/mol. The van der Waals surface area contributed by atoms with Crippen molar-refractivity contribution < 1.29 is 9.53 Å². The standard InChI is InChI=1S/C20H19ClN4O2/c1-13-9-16(18(27-3)10-15(13)21)24-20(26)17-11-23-19(12-22-17)25(2)14-7-5-4-6-8-14/h4-12H,1-3H3,(H,24,26). The number of para-hydroxylation sites is 1. The lowest BCUT2D eigenvalue weighted by atomic mass is 10.2. The number of halogens is 1. The zero-order valence-corrected chi connectivity index (χ0v) is 16.0. The van der Waals surface area contributed by atoms with Gasteiger partial charge in [-0.25, -0.2) is 9.97 Å². The molecule has 0 atom stereocenters. The van der Waals surface area contributed by atoms with Gasteiger partial charge in [0.1, 0.15) is 11.4 Å². The molecule has 1 amide bonds. The van der Waals surface area contributed by atoms with Crippen molar-refractivity contribution in [3.8, 4) is 5.75 Å². The molecule has 0 spiro atoms. The van der Waals surface area contributed by atoms with Gasteiger partial charge in [-0.2, -0.15) is 0 Å². The molecule has 0 saturated carbocycles. The summed E-state index contributed by atoms with van der Waals surface area (Å²) in [6, 6.07) is 13.2. The Bertz CT molecular complexity index is 946. The van der Waals surface area contributed by atoms with E-state index in [9.17, 15) is 4.79 Å². The molecule has 138 valence electrons. The van der Waals surface area contributed by atoms with Crippen LogP contribution < -0.4 is 15.0 Å². The van der Waals surface area contributed by atoms with Gasteiger partial charge in [0.25, 0.3) is 5.91 Å². The van der Waals surface area contributed by atoms with Gasteiger partial charge in [0, 0.05) is 23.8 Å². The summed E-state index contributed by atoms with van der Waals surface area (Å²) in [4.78, 5) is 23.0. The molecule has 7 heteroatoms. The Balaban J connectivity index is 1.78. The van der Waals surface area contributed by atoms with Crippen LogP contribution in [0.5, 0.6) is 5.75 Å². The highest BCUT2D eigenvalue weighted by Crippen LogP contribution is 2.31. The smallest absolute Gasteiger partial charge is 0.275 e. The van der Waals surface area contributed by atoms with Crippen LogP contribution in [-0.2, 0) is 0 Å². The summed E-state index contributed by atoms with van der Waals surface area (Å²) < 4.78 is 5.28. The van der Waals surface area contributed by atoms with Crippen molar-refractivity contribution in [3.63, 3.8) is 0 Å². The fourth-order valence-electron chi connectivity index (χ4n) is 2.51. The lowest BCUT2D eigenvalue weighted by molar-refractivity contribution is 0.102. The third-order valence-corrected chi connectivity index (χ3v) is 4.49. The van der Waals surface area contributed by atoms with Crippen molar-refractivity contribution in [2.45, 2.75) is 6.92 Å². The van der Waals surface area contributed by atoms with Crippen molar-refractivity contribution >= 4 is 34.7 Å². The Morgan fingerprint density at radius 2 is 1.89 bits per heavy atom. The summed E-state index contributed by atoms with van der Waals surface area (Å²) in [6.45, 7) is 1.85. The highest BCUT2D eigenvalue weighted by molar-refractivity contribution is 6.31. The number of ether oxygens (including phenoxy) is 1. The lowest BCUT2D eigenvalue weighted by Crippen LogP contribution is -2.17. The number of aryl methyl sites for hydroxylation is 1. The van der Waals surface area contributed by atoms with Crippen LogP contribution in [0.2, 0.25) is 5.02 Å². The van der Waals surface area contributed by atoms with E-state index in [0.717, 1.165) is 11.3 Å². The van der Waals surface area contributed by atoms with Crippen LogP contribution in [0.4, 0.5) is 17.2 Å². The number of amides is 1. The summed E-state index contributed by atoms with van der Waals surface area (Å²) in [5, 5.41) is 3.36. The Morgan fingerprint density at radius 3 is 2.52 bits per heavy atom. The van der Waals surface area contributed by atoms with E-state index >= 15 is 0 Å². The van der Waals surface area contributed by atoms with E-state index in [1.54, 1.807) is 18.3 Å². The van der Waals surface area contributed by atoms with Crippen molar-refractivity contribution in [1.29, 1.82) is 0 Å².